The molecule has 2 unspecified atom stereocenters. The van der Waals surface area contributed by atoms with E-state index in [1.54, 1.807) is 0 Å². The largest absolute Gasteiger partial charge is 0.380 e. The van der Waals surface area contributed by atoms with Gasteiger partial charge in [0.1, 0.15) is 0 Å². The van der Waals surface area contributed by atoms with Gasteiger partial charge in [-0.3, -0.25) is 0 Å². The number of hydrogen-bond donors (Lipinski definition) is 2. The topological polar surface area (TPSA) is 61.3 Å². The van der Waals surface area contributed by atoms with Gasteiger partial charge in [-0.05, 0) is 49.6 Å². The van der Waals surface area contributed by atoms with E-state index in [2.05, 4.69) is 27.7 Å². The predicted molar refractivity (Wildman–Crippen MR) is 75.0 cm³/mol. The maximum atomic E-state index is 5.94. The van der Waals surface area contributed by atoms with Crippen LogP contribution in [0.15, 0.2) is 0 Å². The smallest absolute Gasteiger partial charge is 0.0520 e. The molecule has 0 aliphatic rings. The average Bonchev–Trinajstić information content (AvgIpc) is 2.30. The molecule has 0 saturated heterocycles. The zero-order valence-electron chi connectivity index (χ0n) is 12.2. The maximum Gasteiger partial charge on any atom is 0.0520 e. The van der Waals surface area contributed by atoms with Crippen LogP contribution >= 0.6 is 0 Å². The molecule has 0 aliphatic heterocycles. The fourth-order valence-corrected chi connectivity index (χ4v) is 1.94. The van der Waals surface area contributed by atoms with Gasteiger partial charge in [0.2, 0.25) is 0 Å². The molecule has 0 bridgehead atoms. The summed E-state index contributed by atoms with van der Waals surface area (Å²) in [6, 6.07) is 0. The molecule has 104 valence electrons. The van der Waals surface area contributed by atoms with Crippen LogP contribution in [0.1, 0.15) is 53.4 Å². The molecule has 0 spiro atoms. The van der Waals surface area contributed by atoms with E-state index in [9.17, 15) is 0 Å². The Kier molecular flexibility index (Phi) is 8.01. The van der Waals surface area contributed by atoms with E-state index in [1.165, 1.54) is 0 Å². The van der Waals surface area contributed by atoms with E-state index in [4.69, 9.17) is 16.2 Å². The van der Waals surface area contributed by atoms with E-state index >= 15 is 0 Å². The highest BCUT2D eigenvalue weighted by molar-refractivity contribution is 4.76. The molecule has 4 N–H and O–H groups in total. The summed E-state index contributed by atoms with van der Waals surface area (Å²) in [4.78, 5) is 0. The summed E-state index contributed by atoms with van der Waals surface area (Å²) >= 11 is 0. The molecule has 0 fully saturated rings. The Bertz CT molecular complexity index is 179. The summed E-state index contributed by atoms with van der Waals surface area (Å²) in [6.45, 7) is 12.0. The molecule has 0 heterocycles. The number of nitrogens with two attached hydrogens (primary N) is 2. The second-order valence-corrected chi connectivity index (χ2v) is 5.90. The molecule has 3 nitrogen and oxygen atoms in total. The number of ether oxygens (including phenoxy) is 1. The lowest BCUT2D eigenvalue weighted by molar-refractivity contribution is -0.00395. The minimum absolute atomic E-state index is 0.228. The third kappa shape index (κ3) is 6.39. The van der Waals surface area contributed by atoms with Crippen LogP contribution in [0.5, 0.6) is 0 Å². The lowest BCUT2D eigenvalue weighted by Crippen LogP contribution is -2.31. The van der Waals surface area contributed by atoms with Gasteiger partial charge in [-0.15, -0.1) is 0 Å². The Morgan fingerprint density at radius 3 is 1.41 bits per heavy atom. The summed E-state index contributed by atoms with van der Waals surface area (Å²) in [6.07, 6.45) is 4.29. The lowest BCUT2D eigenvalue weighted by Gasteiger charge is -2.32. The van der Waals surface area contributed by atoms with Crippen molar-refractivity contribution < 1.29 is 4.74 Å². The fraction of sp³-hybridized carbons (Fsp3) is 1.00. The highest BCUT2D eigenvalue weighted by atomic mass is 16.5. The summed E-state index contributed by atoms with van der Waals surface area (Å²) in [5.41, 5.74) is 11.8. The minimum Gasteiger partial charge on any atom is -0.380 e. The van der Waals surface area contributed by atoms with Crippen molar-refractivity contribution in [2.24, 2.45) is 22.3 Å². The molecule has 17 heavy (non-hydrogen) atoms. The summed E-state index contributed by atoms with van der Waals surface area (Å²) in [7, 11) is 0. The highest BCUT2D eigenvalue weighted by Crippen LogP contribution is 2.29. The molecular weight excluding hydrogens is 212 g/mol. The van der Waals surface area contributed by atoms with Gasteiger partial charge in [-0.25, -0.2) is 0 Å². The van der Waals surface area contributed by atoms with Gasteiger partial charge in [0.25, 0.3) is 0 Å². The van der Waals surface area contributed by atoms with E-state index in [0.717, 1.165) is 52.0 Å². The summed E-state index contributed by atoms with van der Waals surface area (Å²) in [5, 5.41) is 0. The molecule has 0 amide bonds. The molecule has 0 rings (SSSR count). The first-order valence-corrected chi connectivity index (χ1v) is 6.93. The SMILES string of the molecule is CCC(C)(CCN)COCC(C)(CC)CCN. The standard InChI is InChI=1S/C14H32N2O/c1-5-13(3,7-9-15)11-17-12-14(4,6-2)8-10-16/h5-12,15-16H2,1-4H3. The van der Waals surface area contributed by atoms with Crippen molar-refractivity contribution in [2.45, 2.75) is 53.4 Å². The van der Waals surface area contributed by atoms with Crippen LogP contribution in [-0.2, 0) is 4.74 Å². The third-order valence-electron chi connectivity index (χ3n) is 4.10. The normalized spacial score (nSPS) is 18.7. The van der Waals surface area contributed by atoms with Crippen molar-refractivity contribution >= 4 is 0 Å². The zero-order valence-corrected chi connectivity index (χ0v) is 12.2. The van der Waals surface area contributed by atoms with Gasteiger partial charge in [0.05, 0.1) is 13.2 Å². The number of hydrogen-bond acceptors (Lipinski definition) is 3. The van der Waals surface area contributed by atoms with Crippen LogP contribution in [0.4, 0.5) is 0 Å². The molecule has 2 atom stereocenters. The van der Waals surface area contributed by atoms with Crippen molar-refractivity contribution in [3.63, 3.8) is 0 Å². The molecule has 0 aromatic rings. The molecule has 0 aromatic heterocycles. The molecule has 0 aromatic carbocycles. The van der Waals surface area contributed by atoms with Gasteiger partial charge in [0.15, 0.2) is 0 Å². The fourth-order valence-electron chi connectivity index (χ4n) is 1.94. The van der Waals surface area contributed by atoms with Crippen LogP contribution in [0.2, 0.25) is 0 Å². The van der Waals surface area contributed by atoms with Crippen molar-refractivity contribution in [3.05, 3.63) is 0 Å². The van der Waals surface area contributed by atoms with E-state index in [-0.39, 0.29) is 10.8 Å². The van der Waals surface area contributed by atoms with Crippen LogP contribution < -0.4 is 11.5 Å². The Hall–Kier alpha value is -0.120. The molecule has 0 aliphatic carbocycles. The van der Waals surface area contributed by atoms with Gasteiger partial charge in [0, 0.05) is 0 Å². The Balaban J connectivity index is 4.10. The first kappa shape index (κ1) is 16.9. The maximum absolute atomic E-state index is 5.94. The van der Waals surface area contributed by atoms with Gasteiger partial charge in [-0.2, -0.15) is 0 Å². The Labute approximate surface area is 107 Å². The monoisotopic (exact) mass is 244 g/mol. The Morgan fingerprint density at radius 2 is 1.18 bits per heavy atom. The first-order valence-electron chi connectivity index (χ1n) is 6.93. The number of rotatable bonds is 10. The molecule has 3 heteroatoms. The second-order valence-electron chi connectivity index (χ2n) is 5.90. The van der Waals surface area contributed by atoms with Gasteiger partial charge >= 0.3 is 0 Å². The Morgan fingerprint density at radius 1 is 0.824 bits per heavy atom. The minimum atomic E-state index is 0.228. The van der Waals surface area contributed by atoms with Crippen LogP contribution in [0.25, 0.3) is 0 Å². The predicted octanol–water partition coefficient (Wildman–Crippen LogP) is 2.53. The van der Waals surface area contributed by atoms with Crippen molar-refractivity contribution in [2.75, 3.05) is 26.3 Å². The summed E-state index contributed by atoms with van der Waals surface area (Å²) in [5.74, 6) is 0. The summed E-state index contributed by atoms with van der Waals surface area (Å²) < 4.78 is 5.94. The van der Waals surface area contributed by atoms with Crippen molar-refractivity contribution in [3.8, 4) is 0 Å². The van der Waals surface area contributed by atoms with E-state index in [0.29, 0.717) is 0 Å². The quantitative estimate of drug-likeness (QED) is 0.621. The van der Waals surface area contributed by atoms with E-state index < -0.39 is 0 Å². The first-order chi connectivity index (χ1) is 7.95. The van der Waals surface area contributed by atoms with Crippen molar-refractivity contribution in [1.29, 1.82) is 0 Å². The lowest BCUT2D eigenvalue weighted by atomic mass is 9.83. The second kappa shape index (κ2) is 8.06. The van der Waals surface area contributed by atoms with Gasteiger partial charge < -0.3 is 16.2 Å². The molecular formula is C14H32N2O. The third-order valence-corrected chi connectivity index (χ3v) is 4.10. The van der Waals surface area contributed by atoms with Crippen LogP contribution in [0, 0.1) is 10.8 Å². The van der Waals surface area contributed by atoms with Gasteiger partial charge in [-0.1, -0.05) is 27.7 Å². The molecule has 0 radical (unpaired) electrons. The van der Waals surface area contributed by atoms with Crippen LogP contribution in [0.3, 0.4) is 0 Å². The molecule has 0 saturated carbocycles. The van der Waals surface area contributed by atoms with E-state index in [1.807, 2.05) is 0 Å². The van der Waals surface area contributed by atoms with Crippen molar-refractivity contribution in [1.82, 2.24) is 0 Å². The van der Waals surface area contributed by atoms with Crippen LogP contribution in [-0.4, -0.2) is 26.3 Å². The zero-order chi connectivity index (χ0) is 13.4. The average molecular weight is 244 g/mol. The highest BCUT2D eigenvalue weighted by Gasteiger charge is 2.25.